The summed E-state index contributed by atoms with van der Waals surface area (Å²) in [4.78, 5) is 24.1. The van der Waals surface area contributed by atoms with Gasteiger partial charge in [0, 0.05) is 15.7 Å². The van der Waals surface area contributed by atoms with Gasteiger partial charge in [-0.2, -0.15) is 0 Å². The average molecular weight is 350 g/mol. The molecule has 0 saturated heterocycles. The second-order valence-electron chi connectivity index (χ2n) is 4.07. The third-order valence-electron chi connectivity index (χ3n) is 2.69. The smallest absolute Gasteiger partial charge is 0.221 e. The summed E-state index contributed by atoms with van der Waals surface area (Å²) in [6.45, 7) is 0. The van der Waals surface area contributed by atoms with Gasteiger partial charge in [0.1, 0.15) is 0 Å². The zero-order valence-corrected chi connectivity index (χ0v) is 12.9. The lowest BCUT2D eigenvalue weighted by atomic mass is 10.1. The van der Waals surface area contributed by atoms with E-state index in [-0.39, 0.29) is 16.7 Å². The molecular weight excluding hydrogens is 338 g/mol. The van der Waals surface area contributed by atoms with E-state index in [2.05, 4.69) is 15.9 Å². The number of hydrogen-bond acceptors (Lipinski definition) is 4. The summed E-state index contributed by atoms with van der Waals surface area (Å²) >= 11 is 4.29. The maximum Gasteiger partial charge on any atom is 0.221 e. The maximum absolute atomic E-state index is 12.1. The van der Waals surface area contributed by atoms with Gasteiger partial charge >= 0.3 is 0 Å². The van der Waals surface area contributed by atoms with Gasteiger partial charge in [0.15, 0.2) is 5.78 Å². The molecule has 0 aliphatic rings. The topological polar surface area (TPSA) is 60.2 Å². The molecule has 0 saturated carbocycles. The molecule has 2 aromatic carbocycles. The van der Waals surface area contributed by atoms with Crippen LogP contribution >= 0.6 is 27.7 Å². The quantitative estimate of drug-likeness (QED) is 0.673. The van der Waals surface area contributed by atoms with Gasteiger partial charge in [-0.05, 0) is 18.2 Å². The van der Waals surface area contributed by atoms with Crippen LogP contribution in [-0.2, 0) is 0 Å². The van der Waals surface area contributed by atoms with Gasteiger partial charge in [0.25, 0.3) is 0 Å². The lowest BCUT2D eigenvalue weighted by Crippen LogP contribution is -2.07. The lowest BCUT2D eigenvalue weighted by Gasteiger charge is -2.05. The molecule has 0 atom stereocenters. The van der Waals surface area contributed by atoms with E-state index in [1.807, 2.05) is 6.07 Å². The van der Waals surface area contributed by atoms with Gasteiger partial charge in [0.2, 0.25) is 5.12 Å². The van der Waals surface area contributed by atoms with E-state index in [1.54, 1.807) is 42.5 Å². The minimum absolute atomic E-state index is 0.0923. The Bertz CT molecular complexity index is 600. The van der Waals surface area contributed by atoms with E-state index in [9.17, 15) is 9.59 Å². The van der Waals surface area contributed by atoms with E-state index in [1.165, 1.54) is 0 Å². The lowest BCUT2D eigenvalue weighted by molar-refractivity contribution is 0.101. The van der Waals surface area contributed by atoms with Gasteiger partial charge in [-0.1, -0.05) is 58.0 Å². The summed E-state index contributed by atoms with van der Waals surface area (Å²) in [6, 6.07) is 14.0. The van der Waals surface area contributed by atoms with E-state index in [0.29, 0.717) is 16.8 Å². The Balaban J connectivity index is 2.03. The van der Waals surface area contributed by atoms with Crippen molar-refractivity contribution in [1.29, 1.82) is 0 Å². The van der Waals surface area contributed by atoms with Crippen molar-refractivity contribution in [3.8, 4) is 0 Å². The normalized spacial score (nSPS) is 10.2. The first-order chi connectivity index (χ1) is 9.59. The molecule has 2 rings (SSSR count). The molecule has 5 heteroatoms. The third-order valence-corrected chi connectivity index (χ3v) is 4.27. The summed E-state index contributed by atoms with van der Waals surface area (Å²) < 4.78 is 0.734. The molecule has 0 bridgehead atoms. The van der Waals surface area contributed by atoms with Crippen molar-refractivity contribution in [1.82, 2.24) is 0 Å². The number of anilines is 1. The van der Waals surface area contributed by atoms with Crippen LogP contribution < -0.4 is 5.73 Å². The predicted molar refractivity (Wildman–Crippen MR) is 86.1 cm³/mol. The van der Waals surface area contributed by atoms with Crippen LogP contribution in [0.15, 0.2) is 53.0 Å². The molecule has 0 amide bonds. The first-order valence-corrected chi connectivity index (χ1v) is 7.67. The molecule has 0 spiro atoms. The van der Waals surface area contributed by atoms with Crippen molar-refractivity contribution in [2.24, 2.45) is 0 Å². The van der Waals surface area contributed by atoms with Crippen LogP contribution in [0.2, 0.25) is 0 Å². The molecule has 2 N–H and O–H groups in total. The molecule has 0 radical (unpaired) electrons. The standard InChI is InChI=1S/C15H12BrNO2S/c16-12-7-3-1-5-10(12)14(18)9-20-15(19)11-6-2-4-8-13(11)17/h1-8H,9,17H2. The van der Waals surface area contributed by atoms with E-state index < -0.39 is 0 Å². The Hall–Kier alpha value is -1.59. The fraction of sp³-hybridized carbons (Fsp3) is 0.0667. The van der Waals surface area contributed by atoms with Crippen LogP contribution in [0.1, 0.15) is 20.7 Å². The van der Waals surface area contributed by atoms with Crippen molar-refractivity contribution in [3.63, 3.8) is 0 Å². The second kappa shape index (κ2) is 6.72. The number of benzene rings is 2. The fourth-order valence-electron chi connectivity index (χ4n) is 1.66. The van der Waals surface area contributed by atoms with Crippen molar-refractivity contribution >= 4 is 44.3 Å². The number of nitrogen functional groups attached to an aromatic ring is 1. The number of carbonyl (C=O) groups excluding carboxylic acids is 2. The van der Waals surface area contributed by atoms with Crippen LogP contribution in [0, 0.1) is 0 Å². The van der Waals surface area contributed by atoms with Crippen LogP contribution in [0.5, 0.6) is 0 Å². The SMILES string of the molecule is Nc1ccccc1C(=O)SCC(=O)c1ccccc1Br. The van der Waals surface area contributed by atoms with Gasteiger partial charge in [0.05, 0.1) is 11.3 Å². The number of halogens is 1. The summed E-state index contributed by atoms with van der Waals surface area (Å²) in [6.07, 6.45) is 0. The Morgan fingerprint density at radius 2 is 1.60 bits per heavy atom. The molecule has 2 aromatic rings. The molecular formula is C15H12BrNO2S. The summed E-state index contributed by atoms with van der Waals surface area (Å²) in [5.41, 5.74) is 7.19. The van der Waals surface area contributed by atoms with Crippen LogP contribution in [0.3, 0.4) is 0 Å². The van der Waals surface area contributed by atoms with Crippen molar-refractivity contribution in [3.05, 3.63) is 64.1 Å². The number of carbonyl (C=O) groups is 2. The molecule has 20 heavy (non-hydrogen) atoms. The number of thioether (sulfide) groups is 1. The highest BCUT2D eigenvalue weighted by atomic mass is 79.9. The molecule has 0 aliphatic heterocycles. The van der Waals surface area contributed by atoms with E-state index in [0.717, 1.165) is 16.2 Å². The van der Waals surface area contributed by atoms with Gasteiger partial charge in [-0.25, -0.2) is 0 Å². The average Bonchev–Trinajstić information content (AvgIpc) is 2.45. The summed E-state index contributed by atoms with van der Waals surface area (Å²) in [5.74, 6) is 0.000747. The third kappa shape index (κ3) is 3.49. The molecule has 0 unspecified atom stereocenters. The zero-order chi connectivity index (χ0) is 14.5. The second-order valence-corrected chi connectivity index (χ2v) is 5.87. The Morgan fingerprint density at radius 1 is 1.00 bits per heavy atom. The molecule has 0 aromatic heterocycles. The Morgan fingerprint density at radius 3 is 2.25 bits per heavy atom. The minimum atomic E-state index is -0.191. The number of ketones is 1. The van der Waals surface area contributed by atoms with Crippen molar-refractivity contribution < 1.29 is 9.59 Å². The van der Waals surface area contributed by atoms with Crippen LogP contribution in [-0.4, -0.2) is 16.7 Å². The number of Topliss-reactive ketones (excluding diaryl/α,β-unsaturated/α-hetero) is 1. The number of rotatable bonds is 4. The number of para-hydroxylation sites is 1. The zero-order valence-electron chi connectivity index (χ0n) is 10.5. The molecule has 0 fully saturated rings. The van der Waals surface area contributed by atoms with Crippen molar-refractivity contribution in [2.75, 3.05) is 11.5 Å². The Kier molecular flexibility index (Phi) is 4.98. The van der Waals surface area contributed by atoms with Crippen molar-refractivity contribution in [2.45, 2.75) is 0 Å². The van der Waals surface area contributed by atoms with Crippen LogP contribution in [0.25, 0.3) is 0 Å². The monoisotopic (exact) mass is 349 g/mol. The summed E-state index contributed by atoms with van der Waals surface area (Å²) in [7, 11) is 0. The minimum Gasteiger partial charge on any atom is -0.398 e. The first kappa shape index (κ1) is 14.8. The van der Waals surface area contributed by atoms with Gasteiger partial charge < -0.3 is 5.73 Å². The van der Waals surface area contributed by atoms with E-state index in [4.69, 9.17) is 5.73 Å². The largest absolute Gasteiger partial charge is 0.398 e. The molecule has 102 valence electrons. The van der Waals surface area contributed by atoms with Gasteiger partial charge in [-0.3, -0.25) is 9.59 Å². The predicted octanol–water partition coefficient (Wildman–Crippen LogP) is 3.79. The maximum atomic E-state index is 12.1. The molecule has 0 aliphatic carbocycles. The fourth-order valence-corrected chi connectivity index (χ4v) is 2.92. The highest BCUT2D eigenvalue weighted by Crippen LogP contribution is 2.22. The Labute approximate surface area is 129 Å². The van der Waals surface area contributed by atoms with Crippen LogP contribution in [0.4, 0.5) is 5.69 Å². The van der Waals surface area contributed by atoms with E-state index >= 15 is 0 Å². The van der Waals surface area contributed by atoms with Gasteiger partial charge in [-0.15, -0.1) is 0 Å². The highest BCUT2D eigenvalue weighted by molar-refractivity contribution is 9.10. The number of hydrogen-bond donors (Lipinski definition) is 1. The molecule has 3 nitrogen and oxygen atoms in total. The molecule has 0 heterocycles. The summed E-state index contributed by atoms with van der Waals surface area (Å²) in [5, 5.41) is -0.191. The number of nitrogens with two attached hydrogens (primary N) is 1. The highest BCUT2D eigenvalue weighted by Gasteiger charge is 2.14. The first-order valence-electron chi connectivity index (χ1n) is 5.89.